The number of hydrogen-bond acceptors (Lipinski definition) is 3. The van der Waals surface area contributed by atoms with Gasteiger partial charge < -0.3 is 15.0 Å². The van der Waals surface area contributed by atoms with Crippen molar-refractivity contribution in [3.8, 4) is 0 Å². The van der Waals surface area contributed by atoms with Gasteiger partial charge >= 0.3 is 0 Å². The van der Waals surface area contributed by atoms with E-state index in [2.05, 4.69) is 50.3 Å². The Bertz CT molecular complexity index is 613. The van der Waals surface area contributed by atoms with Crippen molar-refractivity contribution < 1.29 is 4.74 Å². The average molecular weight is 398 g/mol. The van der Waals surface area contributed by atoms with Crippen molar-refractivity contribution in [2.75, 3.05) is 20.7 Å². The first-order valence-electron chi connectivity index (χ1n) is 8.44. The summed E-state index contributed by atoms with van der Waals surface area (Å²) in [6.45, 7) is 1.83. The highest BCUT2D eigenvalue weighted by Crippen LogP contribution is 2.62. The first-order valence-corrected chi connectivity index (χ1v) is 10.1. The molecule has 2 saturated carbocycles. The average Bonchev–Trinajstić information content (AvgIpc) is 3.06. The SMILES string of the molecule is CN=C(NC1C2CCOC2C12CCC2)N(C)Cc1ccc(Br)s1. The molecule has 3 atom stereocenters. The molecule has 0 bridgehead atoms. The lowest BCUT2D eigenvalue weighted by atomic mass is 9.46. The first kappa shape index (κ1) is 15.9. The minimum absolute atomic E-state index is 0.393. The highest BCUT2D eigenvalue weighted by molar-refractivity contribution is 9.11. The number of guanidine groups is 1. The van der Waals surface area contributed by atoms with Crippen LogP contribution in [0, 0.1) is 11.3 Å². The van der Waals surface area contributed by atoms with Crippen molar-refractivity contribution in [1.82, 2.24) is 10.2 Å². The van der Waals surface area contributed by atoms with Crippen LogP contribution in [-0.2, 0) is 11.3 Å². The summed E-state index contributed by atoms with van der Waals surface area (Å²) in [5.41, 5.74) is 0.393. The summed E-state index contributed by atoms with van der Waals surface area (Å²) >= 11 is 5.33. The fraction of sp³-hybridized carbons (Fsp3) is 0.706. The minimum atomic E-state index is 0.393. The van der Waals surface area contributed by atoms with E-state index >= 15 is 0 Å². The van der Waals surface area contributed by atoms with Gasteiger partial charge in [0.25, 0.3) is 0 Å². The van der Waals surface area contributed by atoms with Crippen molar-refractivity contribution in [2.45, 2.75) is 44.4 Å². The highest BCUT2D eigenvalue weighted by atomic mass is 79.9. The second-order valence-corrected chi connectivity index (χ2v) is 9.61. The molecular formula is C17H24BrN3OS. The molecule has 1 N–H and O–H groups in total. The smallest absolute Gasteiger partial charge is 0.193 e. The van der Waals surface area contributed by atoms with Crippen LogP contribution in [0.2, 0.25) is 0 Å². The second kappa shape index (κ2) is 6.05. The summed E-state index contributed by atoms with van der Waals surface area (Å²) in [5.74, 6) is 1.69. The van der Waals surface area contributed by atoms with E-state index in [4.69, 9.17) is 4.74 Å². The number of thiophene rings is 1. The fourth-order valence-electron chi connectivity index (χ4n) is 4.69. The number of ether oxygens (including phenoxy) is 1. The molecule has 126 valence electrons. The molecule has 1 aromatic heterocycles. The van der Waals surface area contributed by atoms with Crippen LogP contribution in [-0.4, -0.2) is 43.7 Å². The monoisotopic (exact) mass is 397 g/mol. The van der Waals surface area contributed by atoms with Gasteiger partial charge in [-0.1, -0.05) is 6.42 Å². The van der Waals surface area contributed by atoms with Gasteiger partial charge in [0.1, 0.15) is 0 Å². The van der Waals surface area contributed by atoms with Gasteiger partial charge in [0.15, 0.2) is 5.96 Å². The van der Waals surface area contributed by atoms with E-state index in [9.17, 15) is 0 Å². The Balaban J connectivity index is 1.44. The Hall–Kier alpha value is -0.590. The number of aliphatic imine (C=N–C) groups is 1. The van der Waals surface area contributed by atoms with Gasteiger partial charge in [-0.3, -0.25) is 4.99 Å². The number of nitrogens with zero attached hydrogens (tertiary/aromatic N) is 2. The Morgan fingerprint density at radius 1 is 1.52 bits per heavy atom. The van der Waals surface area contributed by atoms with E-state index < -0.39 is 0 Å². The molecule has 0 amide bonds. The largest absolute Gasteiger partial charge is 0.377 e. The zero-order valence-electron chi connectivity index (χ0n) is 13.7. The van der Waals surface area contributed by atoms with Crippen LogP contribution in [0.5, 0.6) is 0 Å². The molecule has 3 aliphatic rings. The van der Waals surface area contributed by atoms with Crippen molar-refractivity contribution in [3.63, 3.8) is 0 Å². The van der Waals surface area contributed by atoms with Gasteiger partial charge in [-0.15, -0.1) is 11.3 Å². The molecule has 1 spiro atoms. The van der Waals surface area contributed by atoms with Crippen LogP contribution in [0.3, 0.4) is 0 Å². The van der Waals surface area contributed by atoms with E-state index in [-0.39, 0.29) is 0 Å². The molecule has 4 nitrogen and oxygen atoms in total. The zero-order chi connectivity index (χ0) is 16.0. The van der Waals surface area contributed by atoms with E-state index in [1.807, 2.05) is 7.05 Å². The lowest BCUT2D eigenvalue weighted by Gasteiger charge is -2.63. The predicted molar refractivity (Wildman–Crippen MR) is 97.9 cm³/mol. The molecular weight excluding hydrogens is 374 g/mol. The molecule has 0 aromatic carbocycles. The Labute approximate surface area is 150 Å². The maximum atomic E-state index is 6.02. The fourth-order valence-corrected chi connectivity index (χ4v) is 6.22. The zero-order valence-corrected chi connectivity index (χ0v) is 16.1. The summed E-state index contributed by atoms with van der Waals surface area (Å²) in [5, 5.41) is 3.78. The standard InChI is InChI=1S/C17H24BrN3OS/c1-19-16(21(2)10-11-4-5-13(18)23-11)20-14-12-6-9-22-15(12)17(14)7-3-8-17/h4-5,12,14-15H,3,6-10H2,1-2H3,(H,19,20). The summed E-state index contributed by atoms with van der Waals surface area (Å²) in [6.07, 6.45) is 5.67. The number of nitrogens with one attached hydrogen (secondary N) is 1. The number of rotatable bonds is 3. The molecule has 0 radical (unpaired) electrons. The summed E-state index contributed by atoms with van der Waals surface area (Å²) in [7, 11) is 4.01. The molecule has 6 heteroatoms. The van der Waals surface area contributed by atoms with E-state index in [1.54, 1.807) is 11.3 Å². The van der Waals surface area contributed by atoms with Crippen molar-refractivity contribution in [2.24, 2.45) is 16.3 Å². The quantitative estimate of drug-likeness (QED) is 0.626. The van der Waals surface area contributed by atoms with E-state index in [1.165, 1.54) is 34.3 Å². The first-order chi connectivity index (χ1) is 11.1. The Morgan fingerprint density at radius 2 is 2.35 bits per heavy atom. The van der Waals surface area contributed by atoms with Crippen LogP contribution in [0.1, 0.15) is 30.6 Å². The van der Waals surface area contributed by atoms with Gasteiger partial charge in [-0.25, -0.2) is 0 Å². The van der Waals surface area contributed by atoms with Gasteiger partial charge in [-0.05, 0) is 47.3 Å². The predicted octanol–water partition coefficient (Wildman–Crippen LogP) is 3.48. The molecule has 1 aromatic rings. The van der Waals surface area contributed by atoms with Crippen LogP contribution in [0.25, 0.3) is 0 Å². The van der Waals surface area contributed by atoms with Crippen LogP contribution < -0.4 is 5.32 Å². The minimum Gasteiger partial charge on any atom is -0.377 e. The second-order valence-electron chi connectivity index (χ2n) is 7.06. The summed E-state index contributed by atoms with van der Waals surface area (Å²) in [4.78, 5) is 8.11. The van der Waals surface area contributed by atoms with Gasteiger partial charge in [0.05, 0.1) is 16.4 Å². The van der Waals surface area contributed by atoms with Crippen LogP contribution in [0.15, 0.2) is 20.9 Å². The third kappa shape index (κ3) is 2.53. The third-order valence-electron chi connectivity index (χ3n) is 5.92. The molecule has 3 unspecified atom stereocenters. The van der Waals surface area contributed by atoms with Crippen molar-refractivity contribution in [1.29, 1.82) is 0 Å². The topological polar surface area (TPSA) is 36.9 Å². The lowest BCUT2D eigenvalue weighted by molar-refractivity contribution is -0.171. The normalized spacial score (nSPS) is 31.4. The third-order valence-corrected chi connectivity index (χ3v) is 7.52. The highest BCUT2D eigenvalue weighted by Gasteiger charge is 2.66. The summed E-state index contributed by atoms with van der Waals surface area (Å²) in [6, 6.07) is 4.83. The molecule has 23 heavy (non-hydrogen) atoms. The maximum Gasteiger partial charge on any atom is 0.193 e. The maximum absolute atomic E-state index is 6.02. The lowest BCUT2D eigenvalue weighted by Crippen LogP contribution is -2.72. The number of fused-ring (bicyclic) bond motifs is 2. The van der Waals surface area contributed by atoms with E-state index in [0.29, 0.717) is 23.5 Å². The van der Waals surface area contributed by atoms with Gasteiger partial charge in [0.2, 0.25) is 0 Å². The Kier molecular flexibility index (Phi) is 4.18. The number of hydrogen-bond donors (Lipinski definition) is 1. The van der Waals surface area contributed by atoms with Gasteiger partial charge in [-0.2, -0.15) is 0 Å². The summed E-state index contributed by atoms with van der Waals surface area (Å²) < 4.78 is 7.20. The molecule has 4 rings (SSSR count). The Morgan fingerprint density at radius 3 is 2.96 bits per heavy atom. The van der Waals surface area contributed by atoms with Gasteiger partial charge in [0, 0.05) is 43.0 Å². The van der Waals surface area contributed by atoms with Crippen LogP contribution in [0.4, 0.5) is 0 Å². The van der Waals surface area contributed by atoms with Crippen molar-refractivity contribution >= 4 is 33.2 Å². The molecule has 1 saturated heterocycles. The molecule has 2 aliphatic carbocycles. The van der Waals surface area contributed by atoms with Crippen molar-refractivity contribution in [3.05, 3.63) is 20.8 Å². The number of halogens is 1. The van der Waals surface area contributed by atoms with Crippen LogP contribution >= 0.6 is 27.3 Å². The van der Waals surface area contributed by atoms with E-state index in [0.717, 1.165) is 19.1 Å². The molecule has 3 fully saturated rings. The molecule has 2 heterocycles. The molecule has 1 aliphatic heterocycles.